The molecule has 4 rings (SSSR count). The Morgan fingerprint density at radius 1 is 1.42 bits per heavy atom. The number of rotatable bonds is 5. The van der Waals surface area contributed by atoms with Crippen LogP contribution < -0.4 is 15.8 Å². The molecule has 8 nitrogen and oxygen atoms in total. The van der Waals surface area contributed by atoms with Crippen molar-refractivity contribution in [2.45, 2.75) is 32.3 Å². The summed E-state index contributed by atoms with van der Waals surface area (Å²) in [4.78, 5) is 8.76. The number of pyridine rings is 1. The van der Waals surface area contributed by atoms with E-state index < -0.39 is 11.3 Å². The summed E-state index contributed by atoms with van der Waals surface area (Å²) in [5.74, 6) is 0.276. The van der Waals surface area contributed by atoms with Crippen molar-refractivity contribution >= 4 is 37.2 Å². The molecular weight excluding hydrogens is 482 g/mol. The number of aryl methyl sites for hydroxylation is 1. The lowest BCUT2D eigenvalue weighted by Gasteiger charge is -2.31. The van der Waals surface area contributed by atoms with Gasteiger partial charge in [-0.05, 0) is 49.2 Å². The number of nitrogens with zero attached hydrogens (tertiary/aromatic N) is 4. The summed E-state index contributed by atoms with van der Waals surface area (Å²) in [6, 6.07) is 6.04. The summed E-state index contributed by atoms with van der Waals surface area (Å²) >= 11 is 6.63. The highest BCUT2D eigenvalue weighted by atomic mass is 35.5. The van der Waals surface area contributed by atoms with Crippen LogP contribution in [0.2, 0.25) is 5.15 Å². The van der Waals surface area contributed by atoms with Crippen LogP contribution in [0.3, 0.4) is 0 Å². The third-order valence-corrected chi connectivity index (χ3v) is 6.24. The van der Waals surface area contributed by atoms with Gasteiger partial charge < -0.3 is 20.5 Å². The Bertz CT molecular complexity index is 1350. The van der Waals surface area contributed by atoms with E-state index in [9.17, 15) is 4.39 Å². The summed E-state index contributed by atoms with van der Waals surface area (Å²) < 4.78 is 27.7. The number of aromatic nitrogens is 3. The molecule has 0 saturated heterocycles. The van der Waals surface area contributed by atoms with Gasteiger partial charge in [-0.3, -0.25) is 9.67 Å². The summed E-state index contributed by atoms with van der Waals surface area (Å²) in [6.45, 7) is 4.37. The smallest absolute Gasteiger partial charge is 0.170 e. The second-order valence-corrected chi connectivity index (χ2v) is 8.87. The summed E-state index contributed by atoms with van der Waals surface area (Å²) in [5.41, 5.74) is 9.37. The maximum Gasteiger partial charge on any atom is 0.170 e. The molecule has 0 unspecified atom stereocenters. The Morgan fingerprint density at radius 3 is 2.89 bits per heavy atom. The minimum absolute atomic E-state index is 0.189. The van der Waals surface area contributed by atoms with E-state index in [1.54, 1.807) is 50.3 Å². The number of halogens is 2. The number of allylic oxidation sites excluding steroid dienone is 1. The van der Waals surface area contributed by atoms with Crippen LogP contribution in [0.15, 0.2) is 41.0 Å². The van der Waals surface area contributed by atoms with Crippen LogP contribution in [-0.4, -0.2) is 49.7 Å². The number of nitrogens with two attached hydrogens (primary N) is 1. The van der Waals surface area contributed by atoms with Crippen molar-refractivity contribution in [2.75, 3.05) is 26.2 Å². The van der Waals surface area contributed by atoms with Crippen molar-refractivity contribution in [3.63, 3.8) is 0 Å². The molecule has 3 aromatic rings. The zero-order valence-electron chi connectivity index (χ0n) is 20.6. The highest BCUT2D eigenvalue weighted by Crippen LogP contribution is 2.39. The van der Waals surface area contributed by atoms with Gasteiger partial charge in [0.25, 0.3) is 0 Å². The first-order valence-corrected chi connectivity index (χ1v) is 11.7. The highest BCUT2D eigenvalue weighted by molar-refractivity contribution is 6.30. The second-order valence-electron chi connectivity index (χ2n) is 8.52. The van der Waals surface area contributed by atoms with Crippen molar-refractivity contribution in [3.8, 4) is 17.0 Å². The van der Waals surface area contributed by atoms with Gasteiger partial charge in [0.1, 0.15) is 20.4 Å². The zero-order chi connectivity index (χ0) is 26.0. The molecule has 3 heterocycles. The van der Waals surface area contributed by atoms with E-state index in [-0.39, 0.29) is 6.73 Å². The molecule has 0 amide bonds. The normalized spacial score (nSPS) is 19.7. The Labute approximate surface area is 215 Å². The Balaban J connectivity index is 2.08. The molecule has 36 heavy (non-hydrogen) atoms. The minimum Gasteiger partial charge on any atom is -0.489 e. The molecule has 1 aromatic carbocycles. The van der Waals surface area contributed by atoms with E-state index in [1.807, 2.05) is 6.92 Å². The molecule has 2 radical (unpaired) electrons. The molecule has 0 fully saturated rings. The number of fused-ring (bicyclic) bond motifs is 5. The van der Waals surface area contributed by atoms with E-state index in [0.29, 0.717) is 57.6 Å². The maximum absolute atomic E-state index is 14.5. The molecule has 1 aliphatic rings. The summed E-state index contributed by atoms with van der Waals surface area (Å²) in [6.07, 6.45) is 3.69. The van der Waals surface area contributed by atoms with Gasteiger partial charge in [0, 0.05) is 61.9 Å². The van der Waals surface area contributed by atoms with Gasteiger partial charge in [0.05, 0.1) is 11.2 Å². The third kappa shape index (κ3) is 4.83. The van der Waals surface area contributed by atoms with Crippen molar-refractivity contribution in [2.24, 2.45) is 10.7 Å². The van der Waals surface area contributed by atoms with Crippen molar-refractivity contribution in [1.82, 2.24) is 14.8 Å². The van der Waals surface area contributed by atoms with Crippen molar-refractivity contribution < 1.29 is 13.9 Å². The largest absolute Gasteiger partial charge is 0.489 e. The van der Waals surface area contributed by atoms with Crippen molar-refractivity contribution in [1.29, 1.82) is 0 Å². The van der Waals surface area contributed by atoms with Gasteiger partial charge in [-0.1, -0.05) is 11.6 Å². The third-order valence-electron chi connectivity index (χ3n) is 5.94. The summed E-state index contributed by atoms with van der Waals surface area (Å²) in [7, 11) is 9.89. The molecule has 186 valence electrons. The molecule has 11 heteroatoms. The molecule has 3 N–H and O–H groups in total. The van der Waals surface area contributed by atoms with E-state index in [2.05, 4.69) is 20.4 Å². The molecule has 0 aliphatic carbocycles. The van der Waals surface area contributed by atoms with E-state index in [0.717, 1.165) is 11.3 Å². The SMILES string of the molecule is [B][C@]1(C)Oc2cc(cnc2NCOC)-c2c(c(Cl)nn2CC)C/C(C=NC)=C(/N)c2ccc(F)cc21. The average molecular weight is 509 g/mol. The predicted octanol–water partition coefficient (Wildman–Crippen LogP) is 4.12. The quantitative estimate of drug-likeness (QED) is 0.306. The molecule has 2 aromatic heterocycles. The maximum atomic E-state index is 14.5. The van der Waals surface area contributed by atoms with Crippen LogP contribution in [0, 0.1) is 5.82 Å². The molecule has 0 saturated carbocycles. The van der Waals surface area contributed by atoms with Crippen LogP contribution in [0.4, 0.5) is 10.2 Å². The minimum atomic E-state index is -1.48. The second kappa shape index (κ2) is 10.3. The zero-order valence-corrected chi connectivity index (χ0v) is 21.4. The van der Waals surface area contributed by atoms with Gasteiger partial charge in [-0.15, -0.1) is 0 Å². The number of ether oxygens (including phenoxy) is 2. The lowest BCUT2D eigenvalue weighted by molar-refractivity contribution is 0.177. The lowest BCUT2D eigenvalue weighted by atomic mass is 9.74. The first kappa shape index (κ1) is 25.7. The van der Waals surface area contributed by atoms with Gasteiger partial charge in [0.15, 0.2) is 16.7 Å². The van der Waals surface area contributed by atoms with Gasteiger partial charge in [0.2, 0.25) is 0 Å². The molecule has 1 aliphatic heterocycles. The van der Waals surface area contributed by atoms with Crippen LogP contribution in [0.25, 0.3) is 17.0 Å². The fourth-order valence-electron chi connectivity index (χ4n) is 4.28. The topological polar surface area (TPSA) is 99.6 Å². The standard InChI is InChI=1S/C25H27BClFN6O2/c1-5-34-22-15-9-20(24(31-12-15)32-13-35-4)36-25(2,26)19-10-16(28)6-7-17(19)21(29)14(11-30-3)8-18(22)23(27)33-34/h6-7,9-12H,5,8,13,29H2,1-4H3,(H,31,32)/b21-14-,30-11?/t25-/m1/s1. The first-order valence-electron chi connectivity index (χ1n) is 11.4. The van der Waals surface area contributed by atoms with Crippen LogP contribution in [-0.2, 0) is 23.2 Å². The molecule has 2 bridgehead atoms. The first-order chi connectivity index (χ1) is 17.2. The molecular formula is C25H27BClFN6O2. The Kier molecular flexibility index (Phi) is 7.37. The predicted molar refractivity (Wildman–Crippen MR) is 141 cm³/mol. The fraction of sp³-hybridized carbons (Fsp3) is 0.320. The van der Waals surface area contributed by atoms with Gasteiger partial charge >= 0.3 is 0 Å². The number of aliphatic imine (C=N–C) groups is 1. The van der Waals surface area contributed by atoms with Gasteiger partial charge in [-0.2, -0.15) is 5.10 Å². The number of hydrogen-bond donors (Lipinski definition) is 2. The number of hydrogen-bond acceptors (Lipinski definition) is 7. The van der Waals surface area contributed by atoms with E-state index >= 15 is 0 Å². The monoisotopic (exact) mass is 508 g/mol. The van der Waals surface area contributed by atoms with E-state index in [1.165, 1.54) is 12.1 Å². The van der Waals surface area contributed by atoms with Crippen LogP contribution in [0.5, 0.6) is 5.75 Å². The lowest BCUT2D eigenvalue weighted by Crippen LogP contribution is -2.32. The number of methoxy groups -OCH3 is 1. The molecule has 0 spiro atoms. The average Bonchev–Trinajstić information content (AvgIpc) is 3.16. The van der Waals surface area contributed by atoms with Gasteiger partial charge in [-0.25, -0.2) is 9.37 Å². The van der Waals surface area contributed by atoms with Crippen LogP contribution >= 0.6 is 11.6 Å². The molecule has 1 atom stereocenters. The van der Waals surface area contributed by atoms with Crippen molar-refractivity contribution in [3.05, 3.63) is 63.7 Å². The summed E-state index contributed by atoms with van der Waals surface area (Å²) in [5, 5.41) is 7.93. The Hall–Kier alpha value is -3.37. The number of nitrogens with one attached hydrogen (secondary N) is 1. The van der Waals surface area contributed by atoms with Crippen LogP contribution in [0.1, 0.15) is 30.5 Å². The number of anilines is 1. The Morgan fingerprint density at radius 2 is 2.19 bits per heavy atom. The number of benzene rings is 1. The fourth-order valence-corrected chi connectivity index (χ4v) is 4.53. The highest BCUT2D eigenvalue weighted by Gasteiger charge is 2.30. The van der Waals surface area contributed by atoms with E-state index in [4.69, 9.17) is 34.7 Å².